The Morgan fingerprint density at radius 2 is 2.00 bits per heavy atom. The number of carbonyl (C=O) groups excluding carboxylic acids is 1. The van der Waals surface area contributed by atoms with Crippen LogP contribution in [0.3, 0.4) is 0 Å². The Morgan fingerprint density at radius 1 is 1.36 bits per heavy atom. The maximum atomic E-state index is 13.7. The number of carbonyl (C=O) groups is 1. The van der Waals surface area contributed by atoms with Crippen molar-refractivity contribution in [3.8, 4) is 5.75 Å². The Kier molecular flexibility index (Phi) is 9.76. The number of rotatable bonds is 5. The monoisotopic (exact) mass is 467 g/mol. The standard InChI is InChI=1S/C17H26FN3O3.HI/c1-17(2,3)24-15(22)10-20-16(19-4)21(5)11-12-7-8-14(23-6)13(18)9-12;/h7-9H,10-11H2,1-6H3,(H,19,20);1H. The van der Waals surface area contributed by atoms with E-state index in [0.717, 1.165) is 5.56 Å². The summed E-state index contributed by atoms with van der Waals surface area (Å²) in [4.78, 5) is 17.7. The second kappa shape index (κ2) is 10.4. The minimum absolute atomic E-state index is 0. The van der Waals surface area contributed by atoms with Gasteiger partial charge in [-0.1, -0.05) is 6.07 Å². The Balaban J connectivity index is 0.00000576. The summed E-state index contributed by atoms with van der Waals surface area (Å²) in [5, 5.41) is 2.93. The van der Waals surface area contributed by atoms with Crippen LogP contribution in [-0.4, -0.2) is 50.2 Å². The molecule has 1 N–H and O–H groups in total. The number of methoxy groups -OCH3 is 1. The fourth-order valence-electron chi connectivity index (χ4n) is 2.07. The van der Waals surface area contributed by atoms with Gasteiger partial charge in [-0.05, 0) is 38.5 Å². The highest BCUT2D eigenvalue weighted by Crippen LogP contribution is 2.18. The zero-order valence-electron chi connectivity index (χ0n) is 15.6. The zero-order chi connectivity index (χ0) is 18.3. The number of guanidine groups is 1. The molecule has 0 atom stereocenters. The highest BCUT2D eigenvalue weighted by Gasteiger charge is 2.17. The summed E-state index contributed by atoms with van der Waals surface area (Å²) in [6, 6.07) is 4.77. The lowest BCUT2D eigenvalue weighted by molar-refractivity contribution is -0.153. The van der Waals surface area contributed by atoms with Gasteiger partial charge in [0.05, 0.1) is 7.11 Å². The van der Waals surface area contributed by atoms with Crippen LogP contribution >= 0.6 is 24.0 Å². The van der Waals surface area contributed by atoms with Gasteiger partial charge in [0.2, 0.25) is 0 Å². The average Bonchev–Trinajstić information content (AvgIpc) is 2.46. The van der Waals surface area contributed by atoms with Crippen LogP contribution in [0.2, 0.25) is 0 Å². The highest BCUT2D eigenvalue weighted by atomic mass is 127. The SMILES string of the molecule is CN=C(NCC(=O)OC(C)(C)C)N(C)Cc1ccc(OC)c(F)c1.I. The number of esters is 1. The summed E-state index contributed by atoms with van der Waals surface area (Å²) in [6.07, 6.45) is 0. The Morgan fingerprint density at radius 3 is 2.48 bits per heavy atom. The molecule has 142 valence electrons. The summed E-state index contributed by atoms with van der Waals surface area (Å²) in [6.45, 7) is 5.86. The largest absolute Gasteiger partial charge is 0.494 e. The van der Waals surface area contributed by atoms with E-state index in [1.165, 1.54) is 13.2 Å². The summed E-state index contributed by atoms with van der Waals surface area (Å²) in [5.74, 6) is -0.0708. The molecule has 0 saturated carbocycles. The van der Waals surface area contributed by atoms with Crippen molar-refractivity contribution in [3.63, 3.8) is 0 Å². The van der Waals surface area contributed by atoms with E-state index in [-0.39, 0.29) is 42.2 Å². The van der Waals surface area contributed by atoms with Gasteiger partial charge in [-0.3, -0.25) is 9.79 Å². The van der Waals surface area contributed by atoms with E-state index in [9.17, 15) is 9.18 Å². The molecule has 0 saturated heterocycles. The fourth-order valence-corrected chi connectivity index (χ4v) is 2.07. The molecule has 1 aromatic carbocycles. The van der Waals surface area contributed by atoms with E-state index in [1.54, 1.807) is 31.1 Å². The first-order chi connectivity index (χ1) is 11.2. The molecule has 0 unspecified atom stereocenters. The van der Waals surface area contributed by atoms with Crippen molar-refractivity contribution in [2.75, 3.05) is 27.7 Å². The summed E-state index contributed by atoms with van der Waals surface area (Å²) >= 11 is 0. The second-order valence-electron chi connectivity index (χ2n) is 6.31. The molecule has 0 bridgehead atoms. The number of nitrogens with zero attached hydrogens (tertiary/aromatic N) is 2. The molecule has 1 aromatic rings. The third-order valence-electron chi connectivity index (χ3n) is 3.02. The van der Waals surface area contributed by atoms with Crippen LogP contribution in [0, 0.1) is 5.82 Å². The quantitative estimate of drug-likeness (QED) is 0.313. The first-order valence-electron chi connectivity index (χ1n) is 7.62. The van der Waals surface area contributed by atoms with Gasteiger partial charge in [-0.15, -0.1) is 24.0 Å². The van der Waals surface area contributed by atoms with Gasteiger partial charge in [0.1, 0.15) is 12.1 Å². The van der Waals surface area contributed by atoms with Crippen LogP contribution in [0.4, 0.5) is 4.39 Å². The first kappa shape index (κ1) is 23.4. The van der Waals surface area contributed by atoms with Crippen LogP contribution in [0.25, 0.3) is 0 Å². The van der Waals surface area contributed by atoms with Crippen molar-refractivity contribution >= 4 is 35.9 Å². The highest BCUT2D eigenvalue weighted by molar-refractivity contribution is 14.0. The predicted octanol–water partition coefficient (Wildman–Crippen LogP) is 2.80. The van der Waals surface area contributed by atoms with Gasteiger partial charge < -0.3 is 19.7 Å². The van der Waals surface area contributed by atoms with Crippen LogP contribution in [0.15, 0.2) is 23.2 Å². The molecule has 0 aliphatic rings. The molecule has 25 heavy (non-hydrogen) atoms. The van der Waals surface area contributed by atoms with Crippen molar-refractivity contribution in [2.24, 2.45) is 4.99 Å². The van der Waals surface area contributed by atoms with Gasteiger partial charge >= 0.3 is 5.97 Å². The Bertz CT molecular complexity index is 603. The maximum absolute atomic E-state index is 13.7. The number of nitrogens with one attached hydrogen (secondary N) is 1. The number of hydrogen-bond acceptors (Lipinski definition) is 4. The molecule has 0 heterocycles. The van der Waals surface area contributed by atoms with E-state index in [2.05, 4.69) is 10.3 Å². The summed E-state index contributed by atoms with van der Waals surface area (Å²) in [5.41, 5.74) is 0.227. The zero-order valence-corrected chi connectivity index (χ0v) is 17.9. The van der Waals surface area contributed by atoms with Crippen LogP contribution in [0.5, 0.6) is 5.75 Å². The van der Waals surface area contributed by atoms with Gasteiger partial charge in [-0.2, -0.15) is 0 Å². The fraction of sp³-hybridized carbons (Fsp3) is 0.529. The molecule has 0 aliphatic carbocycles. The van der Waals surface area contributed by atoms with Crippen molar-refractivity contribution in [1.82, 2.24) is 10.2 Å². The molecule has 1 rings (SSSR count). The number of halogens is 2. The van der Waals surface area contributed by atoms with Gasteiger partial charge in [-0.25, -0.2) is 4.39 Å². The molecule has 0 amide bonds. The van der Waals surface area contributed by atoms with E-state index in [0.29, 0.717) is 12.5 Å². The normalized spacial score (nSPS) is 11.4. The van der Waals surface area contributed by atoms with Crippen molar-refractivity contribution < 1.29 is 18.7 Å². The van der Waals surface area contributed by atoms with Crippen LogP contribution < -0.4 is 10.1 Å². The number of aliphatic imine (C=N–C) groups is 1. The molecule has 0 spiro atoms. The molecule has 0 aliphatic heterocycles. The lowest BCUT2D eigenvalue weighted by Gasteiger charge is -2.23. The third kappa shape index (κ3) is 8.37. The topological polar surface area (TPSA) is 63.2 Å². The van der Waals surface area contributed by atoms with E-state index in [4.69, 9.17) is 9.47 Å². The van der Waals surface area contributed by atoms with Crippen LogP contribution in [0.1, 0.15) is 26.3 Å². The lowest BCUT2D eigenvalue weighted by atomic mass is 10.2. The lowest BCUT2D eigenvalue weighted by Crippen LogP contribution is -2.42. The average molecular weight is 467 g/mol. The van der Waals surface area contributed by atoms with Gasteiger partial charge in [0, 0.05) is 20.6 Å². The summed E-state index contributed by atoms with van der Waals surface area (Å²) < 4.78 is 23.9. The minimum Gasteiger partial charge on any atom is -0.494 e. The molecule has 0 fully saturated rings. The van der Waals surface area contributed by atoms with Gasteiger partial charge in [0.25, 0.3) is 0 Å². The first-order valence-corrected chi connectivity index (χ1v) is 7.62. The maximum Gasteiger partial charge on any atom is 0.325 e. The van der Waals surface area contributed by atoms with Crippen molar-refractivity contribution in [2.45, 2.75) is 32.9 Å². The molecule has 0 radical (unpaired) electrons. The molecule has 8 heteroatoms. The van der Waals surface area contributed by atoms with Gasteiger partial charge in [0.15, 0.2) is 17.5 Å². The van der Waals surface area contributed by atoms with E-state index < -0.39 is 11.4 Å². The minimum atomic E-state index is -0.533. The van der Waals surface area contributed by atoms with Crippen molar-refractivity contribution in [1.29, 1.82) is 0 Å². The number of benzene rings is 1. The molecular weight excluding hydrogens is 440 g/mol. The number of hydrogen-bond donors (Lipinski definition) is 1. The van der Waals surface area contributed by atoms with E-state index in [1.807, 2.05) is 20.8 Å². The Hall–Kier alpha value is -1.58. The molecule has 6 nitrogen and oxygen atoms in total. The predicted molar refractivity (Wildman–Crippen MR) is 107 cm³/mol. The van der Waals surface area contributed by atoms with E-state index >= 15 is 0 Å². The van der Waals surface area contributed by atoms with Crippen molar-refractivity contribution in [3.05, 3.63) is 29.6 Å². The second-order valence-corrected chi connectivity index (χ2v) is 6.31. The smallest absolute Gasteiger partial charge is 0.325 e. The Labute approximate surface area is 165 Å². The number of ether oxygens (including phenoxy) is 2. The summed E-state index contributed by atoms with van der Waals surface area (Å²) in [7, 11) is 4.84. The van der Waals surface area contributed by atoms with Crippen LogP contribution in [-0.2, 0) is 16.1 Å². The third-order valence-corrected chi connectivity index (χ3v) is 3.02. The molecular formula is C17H27FIN3O3. The molecule has 0 aromatic heterocycles.